The van der Waals surface area contributed by atoms with E-state index in [2.05, 4.69) is 10.2 Å². The van der Waals surface area contributed by atoms with Crippen LogP contribution in [0.15, 0.2) is 120 Å². The first-order chi connectivity index (χ1) is 19.7. The van der Waals surface area contributed by atoms with Gasteiger partial charge < -0.3 is 29.3 Å². The number of aryl methyl sites for hydroxylation is 1. The van der Waals surface area contributed by atoms with Crippen molar-refractivity contribution in [2.24, 2.45) is 10.2 Å². The van der Waals surface area contributed by atoms with E-state index in [9.17, 15) is 30.0 Å². The zero-order valence-electron chi connectivity index (χ0n) is 21.8. The molecule has 0 spiro atoms. The molecular formula is C31H22CoN2O8. The van der Waals surface area contributed by atoms with Gasteiger partial charge in [-0.25, -0.2) is 4.79 Å². The SMILES string of the molecule is Cc1ccc(N=Nc2c(O)c3ccccc3oc2=O)cc1.O=c1c(O)c(-c2ccccc2)oc2cc(O)cc(O)c12.[Co]. The van der Waals surface area contributed by atoms with Crippen LogP contribution < -0.4 is 11.1 Å². The topological polar surface area (TPSA) is 166 Å². The van der Waals surface area contributed by atoms with Gasteiger partial charge in [-0.05, 0) is 31.2 Å². The van der Waals surface area contributed by atoms with Crippen LogP contribution in [0.25, 0.3) is 33.3 Å². The molecule has 4 aromatic carbocycles. The van der Waals surface area contributed by atoms with Crippen LogP contribution in [0.5, 0.6) is 23.0 Å². The summed E-state index contributed by atoms with van der Waals surface area (Å²) in [6.45, 7) is 1.96. The number of fused-ring (bicyclic) bond motifs is 2. The maximum absolute atomic E-state index is 12.1. The number of phenols is 2. The van der Waals surface area contributed by atoms with Crippen molar-refractivity contribution in [1.82, 2.24) is 0 Å². The molecule has 0 aliphatic carbocycles. The van der Waals surface area contributed by atoms with Gasteiger partial charge in [-0.2, -0.15) is 5.11 Å². The van der Waals surface area contributed by atoms with Gasteiger partial charge >= 0.3 is 5.63 Å². The van der Waals surface area contributed by atoms with Crippen molar-refractivity contribution in [2.45, 2.75) is 6.92 Å². The molecule has 0 amide bonds. The Hall–Kier alpha value is -5.39. The largest absolute Gasteiger partial charge is 0.508 e. The molecule has 0 aliphatic rings. The van der Waals surface area contributed by atoms with Crippen molar-refractivity contribution < 1.29 is 46.0 Å². The van der Waals surface area contributed by atoms with Crippen LogP contribution in [0.1, 0.15) is 5.56 Å². The molecule has 0 unspecified atom stereocenters. The number of phenolic OH excluding ortho intramolecular Hbond substituents is 2. The first-order valence-corrected chi connectivity index (χ1v) is 12.2. The molecule has 1 radical (unpaired) electrons. The van der Waals surface area contributed by atoms with Gasteiger partial charge in [-0.3, -0.25) is 4.79 Å². The zero-order chi connectivity index (χ0) is 29.1. The van der Waals surface area contributed by atoms with Crippen LogP contribution in [0.4, 0.5) is 11.4 Å². The fourth-order valence-corrected chi connectivity index (χ4v) is 3.99. The molecule has 11 heteroatoms. The molecule has 10 nitrogen and oxygen atoms in total. The molecular weight excluding hydrogens is 587 g/mol. The van der Waals surface area contributed by atoms with E-state index in [1.54, 1.807) is 66.7 Å². The third-order valence-corrected chi connectivity index (χ3v) is 6.03. The normalized spacial score (nSPS) is 10.8. The zero-order valence-corrected chi connectivity index (χ0v) is 22.9. The third-order valence-electron chi connectivity index (χ3n) is 6.03. The number of benzene rings is 4. The fourth-order valence-electron chi connectivity index (χ4n) is 3.99. The summed E-state index contributed by atoms with van der Waals surface area (Å²) in [7, 11) is 0. The quantitative estimate of drug-likeness (QED) is 0.126. The maximum Gasteiger partial charge on any atom is 0.368 e. The summed E-state index contributed by atoms with van der Waals surface area (Å²) in [6.07, 6.45) is 0. The van der Waals surface area contributed by atoms with Crippen LogP contribution in [-0.4, -0.2) is 20.4 Å². The van der Waals surface area contributed by atoms with Crippen molar-refractivity contribution in [2.75, 3.05) is 0 Å². The molecule has 2 heterocycles. The van der Waals surface area contributed by atoms with Gasteiger partial charge in [0.25, 0.3) is 0 Å². The number of azo groups is 1. The predicted octanol–water partition coefficient (Wildman–Crippen LogP) is 6.80. The standard InChI is InChI=1S/C16H12N2O3.C15H10O5.Co/c1-10-6-8-11(9-7-10)17-18-14-15(19)12-4-2-3-5-13(12)21-16(14)20;16-9-6-10(17)12-11(7-9)20-15(14(19)13(12)18)8-4-2-1-3-5-8;/h2-9,19H,1H3;1-7,16-17,19H;. The second-order valence-corrected chi connectivity index (χ2v) is 8.93. The third kappa shape index (κ3) is 6.02. The Morgan fingerprint density at radius 3 is 2.07 bits per heavy atom. The maximum atomic E-state index is 12.1. The Morgan fingerprint density at radius 1 is 0.690 bits per heavy atom. The summed E-state index contributed by atoms with van der Waals surface area (Å²) in [4.78, 5) is 24.0. The molecule has 0 saturated carbocycles. The van der Waals surface area contributed by atoms with Gasteiger partial charge in [0.1, 0.15) is 28.1 Å². The van der Waals surface area contributed by atoms with Crippen LogP contribution in [0.3, 0.4) is 0 Å². The summed E-state index contributed by atoms with van der Waals surface area (Å²) in [5.41, 5.74) is 0.860. The van der Waals surface area contributed by atoms with E-state index in [0.29, 0.717) is 22.2 Å². The van der Waals surface area contributed by atoms with E-state index in [0.717, 1.165) is 11.6 Å². The molecule has 0 bridgehead atoms. The number of aromatic hydroxyl groups is 4. The van der Waals surface area contributed by atoms with Crippen LogP contribution >= 0.6 is 0 Å². The van der Waals surface area contributed by atoms with Gasteiger partial charge in [0, 0.05) is 34.5 Å². The van der Waals surface area contributed by atoms with Gasteiger partial charge in [0.2, 0.25) is 16.9 Å². The van der Waals surface area contributed by atoms with Gasteiger partial charge in [0.05, 0.1) is 11.1 Å². The van der Waals surface area contributed by atoms with Crippen molar-refractivity contribution in [3.05, 3.63) is 117 Å². The van der Waals surface area contributed by atoms with E-state index in [-0.39, 0.29) is 50.7 Å². The number of para-hydroxylation sites is 1. The van der Waals surface area contributed by atoms with E-state index < -0.39 is 22.6 Å². The van der Waals surface area contributed by atoms with Gasteiger partial charge in [-0.15, -0.1) is 5.11 Å². The first-order valence-electron chi connectivity index (χ1n) is 12.2. The van der Waals surface area contributed by atoms with E-state index in [4.69, 9.17) is 8.83 Å². The summed E-state index contributed by atoms with van der Waals surface area (Å²) in [6, 6.07) is 24.9. The summed E-state index contributed by atoms with van der Waals surface area (Å²) in [5, 5.41) is 47.3. The van der Waals surface area contributed by atoms with Gasteiger partial charge in [-0.1, -0.05) is 60.2 Å². The molecule has 42 heavy (non-hydrogen) atoms. The molecule has 213 valence electrons. The number of nitrogens with zero attached hydrogens (tertiary/aromatic N) is 2. The minimum Gasteiger partial charge on any atom is -0.508 e. The number of hydrogen-bond donors (Lipinski definition) is 4. The van der Waals surface area contributed by atoms with Crippen molar-refractivity contribution >= 4 is 33.3 Å². The summed E-state index contributed by atoms with van der Waals surface area (Å²) in [5.74, 6) is -1.48. The van der Waals surface area contributed by atoms with Crippen LogP contribution in [-0.2, 0) is 16.8 Å². The van der Waals surface area contributed by atoms with Gasteiger partial charge in [0.15, 0.2) is 11.5 Å². The molecule has 6 aromatic rings. The molecule has 0 aliphatic heterocycles. The molecule has 2 aromatic heterocycles. The molecule has 0 saturated heterocycles. The average molecular weight is 609 g/mol. The first kappa shape index (κ1) is 29.6. The monoisotopic (exact) mass is 609 g/mol. The minimum atomic E-state index is -0.748. The Labute approximate surface area is 247 Å². The fraction of sp³-hybridized carbons (Fsp3) is 0.0323. The van der Waals surface area contributed by atoms with E-state index in [1.807, 2.05) is 19.1 Å². The Kier molecular flexibility index (Phi) is 8.75. The van der Waals surface area contributed by atoms with Crippen molar-refractivity contribution in [3.63, 3.8) is 0 Å². The number of rotatable bonds is 3. The second kappa shape index (κ2) is 12.4. The van der Waals surface area contributed by atoms with E-state index in [1.165, 1.54) is 6.07 Å². The van der Waals surface area contributed by atoms with Crippen LogP contribution in [0.2, 0.25) is 0 Å². The predicted molar refractivity (Wildman–Crippen MR) is 152 cm³/mol. The number of hydrogen-bond acceptors (Lipinski definition) is 10. The Morgan fingerprint density at radius 2 is 1.36 bits per heavy atom. The molecule has 6 rings (SSSR count). The average Bonchev–Trinajstić information content (AvgIpc) is 2.96. The Bertz CT molecular complexity index is 2040. The summed E-state index contributed by atoms with van der Waals surface area (Å²) >= 11 is 0. The molecule has 4 N–H and O–H groups in total. The van der Waals surface area contributed by atoms with Crippen LogP contribution in [0, 0.1) is 6.92 Å². The smallest absolute Gasteiger partial charge is 0.368 e. The molecule has 0 fully saturated rings. The minimum absolute atomic E-state index is 0. The van der Waals surface area contributed by atoms with E-state index >= 15 is 0 Å². The summed E-state index contributed by atoms with van der Waals surface area (Å²) < 4.78 is 10.6. The second-order valence-electron chi connectivity index (χ2n) is 8.93. The van der Waals surface area contributed by atoms with Crippen molar-refractivity contribution in [3.8, 4) is 34.3 Å². The Balaban J connectivity index is 0.000000189. The molecule has 0 atom stereocenters. The van der Waals surface area contributed by atoms with Crippen molar-refractivity contribution in [1.29, 1.82) is 0 Å².